The highest BCUT2D eigenvalue weighted by Crippen LogP contribution is 2.43. The summed E-state index contributed by atoms with van der Waals surface area (Å²) in [7, 11) is 3.34. The van der Waals surface area contributed by atoms with Gasteiger partial charge in [-0.05, 0) is 43.4 Å². The Morgan fingerprint density at radius 3 is 2.71 bits per heavy atom. The molecule has 1 aliphatic carbocycles. The molecule has 0 saturated heterocycles. The van der Waals surface area contributed by atoms with Gasteiger partial charge in [-0.25, -0.2) is 14.7 Å². The zero-order valence-electron chi connectivity index (χ0n) is 19.1. The SMILES string of the molecule is CCONC(=O)c1cnc(Nc2ccnn2C)cc1Nc1ccc(C2CC2)cc1N(C)S(=O)O. The van der Waals surface area contributed by atoms with Crippen molar-refractivity contribution in [1.82, 2.24) is 20.2 Å². The lowest BCUT2D eigenvalue weighted by atomic mass is 10.1. The maximum Gasteiger partial charge on any atom is 0.278 e. The van der Waals surface area contributed by atoms with Gasteiger partial charge in [-0.3, -0.25) is 23.2 Å². The molecule has 1 aliphatic rings. The van der Waals surface area contributed by atoms with Crippen LogP contribution in [0.25, 0.3) is 0 Å². The number of carbonyl (C=O) groups is 1. The van der Waals surface area contributed by atoms with Crippen LogP contribution in [0.3, 0.4) is 0 Å². The van der Waals surface area contributed by atoms with Crippen molar-refractivity contribution in [3.63, 3.8) is 0 Å². The first-order chi connectivity index (χ1) is 16.4. The number of nitrogens with one attached hydrogen (secondary N) is 3. The van der Waals surface area contributed by atoms with E-state index in [1.165, 1.54) is 17.5 Å². The van der Waals surface area contributed by atoms with Crippen molar-refractivity contribution in [1.29, 1.82) is 0 Å². The Morgan fingerprint density at radius 2 is 2.06 bits per heavy atom. The zero-order chi connectivity index (χ0) is 24.2. The van der Waals surface area contributed by atoms with Crippen LogP contribution in [-0.4, -0.2) is 43.1 Å². The van der Waals surface area contributed by atoms with Gasteiger partial charge in [0.1, 0.15) is 11.6 Å². The van der Waals surface area contributed by atoms with Gasteiger partial charge in [0.25, 0.3) is 17.2 Å². The fourth-order valence-electron chi connectivity index (χ4n) is 3.44. The largest absolute Gasteiger partial charge is 0.353 e. The summed E-state index contributed by atoms with van der Waals surface area (Å²) in [5, 5.41) is 10.5. The van der Waals surface area contributed by atoms with Crippen LogP contribution < -0.4 is 20.4 Å². The number of anilines is 5. The molecule has 2 aromatic heterocycles. The molecular weight excluding hydrogens is 458 g/mol. The molecule has 1 atom stereocenters. The first-order valence-electron chi connectivity index (χ1n) is 10.8. The van der Waals surface area contributed by atoms with Gasteiger partial charge in [-0.2, -0.15) is 5.10 Å². The highest BCUT2D eigenvalue weighted by Gasteiger charge is 2.26. The predicted molar refractivity (Wildman–Crippen MR) is 131 cm³/mol. The number of hydrogen-bond donors (Lipinski definition) is 4. The number of pyridine rings is 1. The standard InChI is InChI=1S/C22H27N7O4S/c1-4-33-27-22(30)16-13-23-20(26-21-9-10-24-28(21)2)12-18(16)25-17-8-7-15(14-5-6-14)11-19(17)29(3)34(31)32/h7-14H,4-6H2,1-3H3,(H,27,30)(H,31,32)(H2,23,25,26). The normalized spacial score (nSPS) is 13.9. The van der Waals surface area contributed by atoms with Crippen LogP contribution in [0.15, 0.2) is 42.7 Å². The van der Waals surface area contributed by atoms with Crippen LogP contribution >= 0.6 is 0 Å². The maximum absolute atomic E-state index is 12.7. The van der Waals surface area contributed by atoms with Crippen molar-refractivity contribution in [2.45, 2.75) is 25.7 Å². The summed E-state index contributed by atoms with van der Waals surface area (Å²) in [4.78, 5) is 22.1. The Kier molecular flexibility index (Phi) is 7.10. The molecule has 1 saturated carbocycles. The molecule has 0 radical (unpaired) electrons. The van der Waals surface area contributed by atoms with Gasteiger partial charge in [-0.1, -0.05) is 6.07 Å². The van der Waals surface area contributed by atoms with Crippen molar-refractivity contribution < 1.29 is 18.4 Å². The minimum absolute atomic E-state index is 0.244. The van der Waals surface area contributed by atoms with Crippen molar-refractivity contribution in [2.24, 2.45) is 7.05 Å². The minimum atomic E-state index is -2.22. The van der Waals surface area contributed by atoms with Crippen LogP contribution in [0, 0.1) is 0 Å². The summed E-state index contributed by atoms with van der Waals surface area (Å²) in [6.45, 7) is 2.07. The Hall–Kier alpha value is -3.48. The molecule has 1 fully saturated rings. The van der Waals surface area contributed by atoms with Crippen LogP contribution in [0.5, 0.6) is 0 Å². The van der Waals surface area contributed by atoms with E-state index in [4.69, 9.17) is 4.84 Å². The van der Waals surface area contributed by atoms with E-state index < -0.39 is 17.2 Å². The van der Waals surface area contributed by atoms with E-state index >= 15 is 0 Å². The molecule has 0 aliphatic heterocycles. The molecule has 3 aromatic rings. The topological polar surface area (TPSA) is 134 Å². The first-order valence-corrected chi connectivity index (χ1v) is 11.9. The lowest BCUT2D eigenvalue weighted by molar-refractivity contribution is 0.0365. The Labute approximate surface area is 199 Å². The lowest BCUT2D eigenvalue weighted by Gasteiger charge is -2.21. The number of nitrogens with zero attached hydrogens (tertiary/aromatic N) is 4. The van der Waals surface area contributed by atoms with Gasteiger partial charge in [0.05, 0.1) is 35.4 Å². The molecule has 0 bridgehead atoms. The number of aromatic nitrogens is 3. The van der Waals surface area contributed by atoms with Crippen molar-refractivity contribution >= 4 is 45.9 Å². The first kappa shape index (κ1) is 23.7. The second-order valence-corrected chi connectivity index (χ2v) is 8.86. The quantitative estimate of drug-likeness (QED) is 0.254. The van der Waals surface area contributed by atoms with E-state index in [1.807, 2.05) is 18.2 Å². The maximum atomic E-state index is 12.7. The van der Waals surface area contributed by atoms with Gasteiger partial charge >= 0.3 is 0 Å². The molecular formula is C22H27N7O4S. The van der Waals surface area contributed by atoms with Crippen molar-refractivity contribution in [3.8, 4) is 0 Å². The van der Waals surface area contributed by atoms with E-state index in [0.29, 0.717) is 35.4 Å². The molecule has 11 nitrogen and oxygen atoms in total. The van der Waals surface area contributed by atoms with Gasteiger partial charge in [-0.15, -0.1) is 0 Å². The average molecular weight is 486 g/mol. The van der Waals surface area contributed by atoms with Gasteiger partial charge in [0.2, 0.25) is 0 Å². The summed E-state index contributed by atoms with van der Waals surface area (Å²) in [6.07, 6.45) is 5.30. The second kappa shape index (κ2) is 10.2. The van der Waals surface area contributed by atoms with Gasteiger partial charge in [0.15, 0.2) is 0 Å². The van der Waals surface area contributed by atoms with E-state index in [2.05, 4.69) is 26.2 Å². The monoisotopic (exact) mass is 485 g/mol. The predicted octanol–water partition coefficient (Wildman–Crippen LogP) is 3.43. The fourth-order valence-corrected chi connectivity index (χ4v) is 3.76. The second-order valence-electron chi connectivity index (χ2n) is 7.85. The highest BCUT2D eigenvalue weighted by molar-refractivity contribution is 7.80. The Balaban J connectivity index is 1.72. The molecule has 34 heavy (non-hydrogen) atoms. The number of amides is 1. The molecule has 2 heterocycles. The number of hydroxylamine groups is 1. The zero-order valence-corrected chi connectivity index (χ0v) is 19.9. The summed E-state index contributed by atoms with van der Waals surface area (Å²) in [5.74, 6) is 1.19. The van der Waals surface area contributed by atoms with Crippen molar-refractivity contribution in [2.75, 3.05) is 28.6 Å². The van der Waals surface area contributed by atoms with Crippen molar-refractivity contribution in [3.05, 3.63) is 53.9 Å². The summed E-state index contributed by atoms with van der Waals surface area (Å²) in [6, 6.07) is 9.23. The number of hydrogen-bond acceptors (Lipinski definition) is 7. The molecule has 1 aromatic carbocycles. The van der Waals surface area contributed by atoms with Crippen LogP contribution in [0.1, 0.15) is 41.6 Å². The molecule has 1 amide bonds. The highest BCUT2D eigenvalue weighted by atomic mass is 32.2. The molecule has 4 N–H and O–H groups in total. The third-order valence-corrected chi connectivity index (χ3v) is 6.11. The number of aryl methyl sites for hydroxylation is 1. The molecule has 12 heteroatoms. The third kappa shape index (κ3) is 5.35. The van der Waals surface area contributed by atoms with Crippen LogP contribution in [0.4, 0.5) is 28.7 Å². The Bertz CT molecular complexity index is 1210. The fraction of sp³-hybridized carbons (Fsp3) is 0.318. The van der Waals surface area contributed by atoms with E-state index in [0.717, 1.165) is 24.2 Å². The van der Waals surface area contributed by atoms with Gasteiger partial charge < -0.3 is 10.6 Å². The number of carbonyl (C=O) groups excluding carboxylic acids is 1. The minimum Gasteiger partial charge on any atom is -0.353 e. The number of rotatable bonds is 10. The number of benzene rings is 1. The smallest absolute Gasteiger partial charge is 0.278 e. The van der Waals surface area contributed by atoms with Gasteiger partial charge in [0, 0.05) is 32.4 Å². The summed E-state index contributed by atoms with van der Waals surface area (Å²) < 4.78 is 24.5. The Morgan fingerprint density at radius 1 is 1.26 bits per heavy atom. The third-order valence-electron chi connectivity index (χ3n) is 5.45. The lowest BCUT2D eigenvalue weighted by Crippen LogP contribution is -2.25. The van der Waals surface area contributed by atoms with Crippen LogP contribution in [0.2, 0.25) is 0 Å². The van der Waals surface area contributed by atoms with E-state index in [1.54, 1.807) is 37.0 Å². The molecule has 4 rings (SSSR count). The molecule has 180 valence electrons. The molecule has 1 unspecified atom stereocenters. The van der Waals surface area contributed by atoms with E-state index in [9.17, 15) is 13.6 Å². The molecule has 0 spiro atoms. The van der Waals surface area contributed by atoms with E-state index in [-0.39, 0.29) is 5.56 Å². The summed E-state index contributed by atoms with van der Waals surface area (Å²) >= 11 is -2.22. The summed E-state index contributed by atoms with van der Waals surface area (Å²) in [5.41, 5.74) is 5.29. The van der Waals surface area contributed by atoms with Crippen LogP contribution in [-0.2, 0) is 23.2 Å². The average Bonchev–Trinajstić information content (AvgIpc) is 3.60.